The lowest BCUT2D eigenvalue weighted by Crippen LogP contribution is -2.53. The van der Waals surface area contributed by atoms with E-state index in [9.17, 15) is 14.9 Å². The minimum Gasteiger partial charge on any atom is -0.459 e. The second-order valence-corrected chi connectivity index (χ2v) is 8.66. The summed E-state index contributed by atoms with van der Waals surface area (Å²) in [6.07, 6.45) is -0.432. The highest BCUT2D eigenvalue weighted by atomic mass is 35.5. The molecule has 1 fully saturated rings. The molecule has 0 amide bonds. The van der Waals surface area contributed by atoms with Crippen LogP contribution >= 0.6 is 11.6 Å². The molecule has 1 unspecified atom stereocenters. The highest BCUT2D eigenvalue weighted by Crippen LogP contribution is 2.34. The molecule has 1 aromatic rings. The zero-order valence-corrected chi connectivity index (χ0v) is 18.1. The van der Waals surface area contributed by atoms with Crippen LogP contribution in [0.3, 0.4) is 0 Å². The Kier molecular flexibility index (Phi) is 7.53. The lowest BCUT2D eigenvalue weighted by atomic mass is 10.0. The van der Waals surface area contributed by atoms with Gasteiger partial charge in [-0.05, 0) is 39.3 Å². The number of piperidine rings is 1. The number of anilines is 2. The Morgan fingerprint density at radius 2 is 2.07 bits per heavy atom. The van der Waals surface area contributed by atoms with Crippen molar-refractivity contribution in [3.63, 3.8) is 0 Å². The molecule has 0 aromatic heterocycles. The summed E-state index contributed by atoms with van der Waals surface area (Å²) in [7, 11) is 0. The summed E-state index contributed by atoms with van der Waals surface area (Å²) < 4.78 is 10.7. The molecular weight excluding hydrogens is 410 g/mol. The van der Waals surface area contributed by atoms with Crippen molar-refractivity contribution < 1.29 is 19.1 Å². The van der Waals surface area contributed by atoms with Crippen LogP contribution in [-0.4, -0.2) is 48.8 Å². The molecule has 0 saturated carbocycles. The van der Waals surface area contributed by atoms with Crippen LogP contribution < -0.4 is 22.1 Å². The van der Waals surface area contributed by atoms with Crippen molar-refractivity contribution in [3.8, 4) is 6.07 Å². The van der Waals surface area contributed by atoms with Gasteiger partial charge in [-0.2, -0.15) is 5.26 Å². The van der Waals surface area contributed by atoms with E-state index < -0.39 is 35.7 Å². The summed E-state index contributed by atoms with van der Waals surface area (Å²) in [5.41, 5.74) is 18.3. The Labute approximate surface area is 181 Å². The van der Waals surface area contributed by atoms with E-state index in [4.69, 9.17) is 38.3 Å². The van der Waals surface area contributed by atoms with Crippen molar-refractivity contribution in [1.29, 1.82) is 5.26 Å². The van der Waals surface area contributed by atoms with Crippen molar-refractivity contribution in [1.82, 2.24) is 0 Å². The topological polar surface area (TPSA) is 158 Å². The number of carbonyl (C=O) groups excluding carboxylic acids is 2. The van der Waals surface area contributed by atoms with Gasteiger partial charge in [-0.1, -0.05) is 11.6 Å². The monoisotopic (exact) mass is 437 g/mol. The van der Waals surface area contributed by atoms with E-state index in [1.54, 1.807) is 26.8 Å². The average Bonchev–Trinajstić information content (AvgIpc) is 2.64. The Morgan fingerprint density at radius 1 is 1.40 bits per heavy atom. The normalized spacial score (nSPS) is 20.2. The van der Waals surface area contributed by atoms with Crippen LogP contribution in [0.25, 0.3) is 0 Å². The van der Waals surface area contributed by atoms with E-state index in [0.717, 1.165) is 0 Å². The molecule has 0 aliphatic carbocycles. The number of hydrogen-bond donors (Lipinski definition) is 3. The van der Waals surface area contributed by atoms with Crippen molar-refractivity contribution in [2.24, 2.45) is 11.5 Å². The van der Waals surface area contributed by atoms with Crippen molar-refractivity contribution in [2.75, 3.05) is 23.7 Å². The molecule has 3 atom stereocenters. The number of carbonyl (C=O) groups is 2. The number of hydrogen-bond acceptors (Lipinski definition) is 9. The molecule has 6 N–H and O–H groups in total. The van der Waals surface area contributed by atoms with Gasteiger partial charge < -0.3 is 31.6 Å². The van der Waals surface area contributed by atoms with E-state index >= 15 is 0 Å². The molecule has 1 aliphatic rings. The summed E-state index contributed by atoms with van der Waals surface area (Å²) in [5, 5.41) is 9.50. The highest BCUT2D eigenvalue weighted by molar-refractivity contribution is 6.35. The summed E-state index contributed by atoms with van der Waals surface area (Å²) in [5.74, 6) is -1.32. The fraction of sp³-hybridized carbons (Fsp3) is 0.550. The summed E-state index contributed by atoms with van der Waals surface area (Å²) >= 11 is 6.32. The predicted octanol–water partition coefficient (Wildman–Crippen LogP) is 1.30. The number of benzene rings is 1. The van der Waals surface area contributed by atoms with Gasteiger partial charge in [0.1, 0.15) is 17.7 Å². The molecule has 1 heterocycles. The minimum absolute atomic E-state index is 0.266. The first-order chi connectivity index (χ1) is 13.9. The molecule has 30 heavy (non-hydrogen) atoms. The number of halogens is 1. The molecule has 1 saturated heterocycles. The number of nitriles is 1. The molecule has 164 valence electrons. The number of nitrogen functional groups attached to an aromatic ring is 1. The third kappa shape index (κ3) is 6.23. The van der Waals surface area contributed by atoms with E-state index in [-0.39, 0.29) is 18.7 Å². The molecule has 2 rings (SSSR count). The van der Waals surface area contributed by atoms with Crippen LogP contribution in [-0.2, 0) is 19.1 Å². The molecule has 0 bridgehead atoms. The van der Waals surface area contributed by atoms with Gasteiger partial charge in [0.05, 0.1) is 41.0 Å². The minimum atomic E-state index is -1.13. The number of ether oxygens (including phenoxy) is 2. The standard InChI is InChI=1S/C20H28ClN5O4/c1-20(2,3)30-19(28)14(25)8-17(27)29-16-10-26(5-4-12(16)23)15-7-11(9-22)6-13(24)18(15)21/h6-7,12,14,16H,4-5,8,10,23-25H2,1-3H3/t12-,14+,16?/m1/s1. The van der Waals surface area contributed by atoms with Gasteiger partial charge in [0.2, 0.25) is 0 Å². The van der Waals surface area contributed by atoms with Crippen molar-refractivity contribution in [2.45, 2.75) is 57.4 Å². The number of nitrogens with zero attached hydrogens (tertiary/aromatic N) is 2. The second-order valence-electron chi connectivity index (χ2n) is 8.28. The fourth-order valence-corrected chi connectivity index (χ4v) is 3.29. The van der Waals surface area contributed by atoms with Gasteiger partial charge in [0.25, 0.3) is 0 Å². The van der Waals surface area contributed by atoms with E-state index in [1.807, 2.05) is 11.0 Å². The van der Waals surface area contributed by atoms with Crippen LogP contribution in [0.5, 0.6) is 0 Å². The maximum absolute atomic E-state index is 12.3. The third-order valence-electron chi connectivity index (χ3n) is 4.54. The van der Waals surface area contributed by atoms with Gasteiger partial charge in [0.15, 0.2) is 0 Å². The van der Waals surface area contributed by atoms with Gasteiger partial charge >= 0.3 is 11.9 Å². The second kappa shape index (κ2) is 9.51. The van der Waals surface area contributed by atoms with E-state index in [0.29, 0.717) is 29.2 Å². The third-order valence-corrected chi connectivity index (χ3v) is 4.95. The van der Waals surface area contributed by atoms with Crippen LogP contribution in [0.1, 0.15) is 39.2 Å². The molecule has 0 radical (unpaired) electrons. The zero-order valence-electron chi connectivity index (χ0n) is 17.4. The quantitative estimate of drug-likeness (QED) is 0.455. The molecular formula is C20H28ClN5O4. The van der Waals surface area contributed by atoms with E-state index in [2.05, 4.69) is 0 Å². The first-order valence-corrected chi connectivity index (χ1v) is 9.96. The Morgan fingerprint density at radius 3 is 2.67 bits per heavy atom. The van der Waals surface area contributed by atoms with Crippen LogP contribution in [0.4, 0.5) is 11.4 Å². The molecule has 1 aromatic carbocycles. The van der Waals surface area contributed by atoms with Gasteiger partial charge in [-0.25, -0.2) is 0 Å². The first-order valence-electron chi connectivity index (χ1n) is 9.59. The average molecular weight is 438 g/mol. The Hall–Kier alpha value is -2.54. The number of rotatable bonds is 5. The summed E-state index contributed by atoms with van der Waals surface area (Å²) in [6.45, 7) is 5.96. The largest absolute Gasteiger partial charge is 0.459 e. The molecule has 1 aliphatic heterocycles. The highest BCUT2D eigenvalue weighted by Gasteiger charge is 2.32. The predicted molar refractivity (Wildman–Crippen MR) is 114 cm³/mol. The lowest BCUT2D eigenvalue weighted by Gasteiger charge is -2.38. The maximum atomic E-state index is 12.3. The SMILES string of the molecule is CC(C)(C)OC(=O)[C@@H](N)CC(=O)OC1CN(c2cc(C#N)cc(N)c2Cl)CC[C@H]1N. The first kappa shape index (κ1) is 23.7. The smallest absolute Gasteiger partial charge is 0.324 e. The number of nitrogens with two attached hydrogens (primary N) is 3. The molecule has 0 spiro atoms. The zero-order chi connectivity index (χ0) is 22.6. The summed E-state index contributed by atoms with van der Waals surface area (Å²) in [4.78, 5) is 26.2. The van der Waals surface area contributed by atoms with Crippen LogP contribution in [0, 0.1) is 11.3 Å². The molecule has 9 nitrogen and oxygen atoms in total. The number of esters is 2. The summed E-state index contributed by atoms with van der Waals surface area (Å²) in [6, 6.07) is 3.65. The lowest BCUT2D eigenvalue weighted by molar-refractivity contribution is -0.161. The van der Waals surface area contributed by atoms with Crippen molar-refractivity contribution in [3.05, 3.63) is 22.7 Å². The van der Waals surface area contributed by atoms with Gasteiger partial charge in [0, 0.05) is 12.6 Å². The van der Waals surface area contributed by atoms with E-state index in [1.165, 1.54) is 6.07 Å². The van der Waals surface area contributed by atoms with Gasteiger partial charge in [-0.3, -0.25) is 9.59 Å². The van der Waals surface area contributed by atoms with Crippen LogP contribution in [0.15, 0.2) is 12.1 Å². The Bertz CT molecular complexity index is 849. The molecule has 10 heteroatoms. The Balaban J connectivity index is 2.05. The maximum Gasteiger partial charge on any atom is 0.324 e. The van der Waals surface area contributed by atoms with Crippen LogP contribution in [0.2, 0.25) is 5.02 Å². The van der Waals surface area contributed by atoms with Crippen molar-refractivity contribution >= 4 is 34.9 Å². The fourth-order valence-electron chi connectivity index (χ4n) is 3.06. The van der Waals surface area contributed by atoms with Gasteiger partial charge in [-0.15, -0.1) is 0 Å².